The second kappa shape index (κ2) is 5.57. The molecule has 0 amide bonds. The first-order chi connectivity index (χ1) is 8.97. The van der Waals surface area contributed by atoms with Crippen molar-refractivity contribution in [3.63, 3.8) is 0 Å². The molecule has 0 aromatic heterocycles. The summed E-state index contributed by atoms with van der Waals surface area (Å²) in [6, 6.07) is 7.22. The molecule has 2 nitrogen and oxygen atoms in total. The largest absolute Gasteiger partial charge is 0.512 e. The summed E-state index contributed by atoms with van der Waals surface area (Å²) in [5, 5.41) is 18.8. The Morgan fingerprint density at radius 3 is 2.42 bits per heavy atom. The predicted molar refractivity (Wildman–Crippen MR) is 80.6 cm³/mol. The number of phenolic OH excluding ortho intramolecular Hbond substituents is 1. The van der Waals surface area contributed by atoms with Crippen LogP contribution in [-0.2, 0) is 0 Å². The number of hydrogen-bond donors (Lipinski definition) is 2. The van der Waals surface area contributed by atoms with Crippen LogP contribution in [0, 0.1) is 0 Å². The first-order valence-electron chi connectivity index (χ1n) is 6.22. The molecule has 0 saturated carbocycles. The van der Waals surface area contributed by atoms with Crippen molar-refractivity contribution in [1.29, 1.82) is 0 Å². The molecule has 0 aliphatic heterocycles. The SMILES string of the molecule is CC(C)(Sc1ccc(O)cc1)C1=CC=C(O)CC=C1. The molecule has 0 heterocycles. The number of rotatable bonds is 3. The molecule has 19 heavy (non-hydrogen) atoms. The normalized spacial score (nSPS) is 15.7. The molecule has 3 heteroatoms. The maximum Gasteiger partial charge on any atom is 0.115 e. The molecule has 0 spiro atoms. The van der Waals surface area contributed by atoms with E-state index in [-0.39, 0.29) is 10.5 Å². The fourth-order valence-electron chi connectivity index (χ4n) is 1.89. The molecule has 0 fully saturated rings. The van der Waals surface area contributed by atoms with Crippen LogP contribution < -0.4 is 0 Å². The van der Waals surface area contributed by atoms with E-state index in [4.69, 9.17) is 0 Å². The van der Waals surface area contributed by atoms with Gasteiger partial charge in [-0.1, -0.05) is 18.2 Å². The van der Waals surface area contributed by atoms with E-state index in [1.807, 2.05) is 24.3 Å². The maximum atomic E-state index is 9.52. The van der Waals surface area contributed by atoms with Crippen LogP contribution in [0.4, 0.5) is 0 Å². The minimum Gasteiger partial charge on any atom is -0.512 e. The van der Waals surface area contributed by atoms with Gasteiger partial charge in [-0.2, -0.15) is 0 Å². The molecule has 100 valence electrons. The van der Waals surface area contributed by atoms with Crippen molar-refractivity contribution in [3.05, 3.63) is 59.9 Å². The number of thioether (sulfide) groups is 1. The Labute approximate surface area is 118 Å². The third kappa shape index (κ3) is 3.67. The van der Waals surface area contributed by atoms with Gasteiger partial charge in [0.05, 0.1) is 5.76 Å². The minimum atomic E-state index is -0.103. The number of aromatic hydroxyl groups is 1. The van der Waals surface area contributed by atoms with Crippen LogP contribution in [0.25, 0.3) is 0 Å². The van der Waals surface area contributed by atoms with Crippen molar-refractivity contribution < 1.29 is 10.2 Å². The quantitative estimate of drug-likeness (QED) is 0.792. The molecule has 1 aliphatic carbocycles. The number of benzene rings is 1. The van der Waals surface area contributed by atoms with Crippen LogP contribution in [0.15, 0.2) is 64.8 Å². The van der Waals surface area contributed by atoms with Crippen molar-refractivity contribution in [3.8, 4) is 5.75 Å². The average molecular weight is 274 g/mol. The van der Waals surface area contributed by atoms with Gasteiger partial charge in [-0.3, -0.25) is 0 Å². The smallest absolute Gasteiger partial charge is 0.115 e. The molecule has 0 saturated heterocycles. The number of phenols is 1. The zero-order valence-electron chi connectivity index (χ0n) is 11.1. The van der Waals surface area contributed by atoms with Gasteiger partial charge in [0.2, 0.25) is 0 Å². The van der Waals surface area contributed by atoms with Gasteiger partial charge in [0.25, 0.3) is 0 Å². The lowest BCUT2D eigenvalue weighted by Gasteiger charge is -2.25. The van der Waals surface area contributed by atoms with E-state index < -0.39 is 0 Å². The second-order valence-corrected chi connectivity index (χ2v) is 6.69. The van der Waals surface area contributed by atoms with E-state index in [1.54, 1.807) is 30.0 Å². The summed E-state index contributed by atoms with van der Waals surface area (Å²) >= 11 is 1.73. The fourth-order valence-corrected chi connectivity index (χ4v) is 3.00. The molecule has 0 radical (unpaired) electrons. The van der Waals surface area contributed by atoms with E-state index in [1.165, 1.54) is 0 Å². The Balaban J connectivity index is 2.20. The highest BCUT2D eigenvalue weighted by Crippen LogP contribution is 2.39. The Kier molecular flexibility index (Phi) is 4.05. The number of hydrogen-bond acceptors (Lipinski definition) is 3. The van der Waals surface area contributed by atoms with Crippen molar-refractivity contribution in [2.24, 2.45) is 0 Å². The molecular formula is C16H18O2S. The van der Waals surface area contributed by atoms with Gasteiger partial charge in [0.1, 0.15) is 5.75 Å². The van der Waals surface area contributed by atoms with Gasteiger partial charge in [-0.25, -0.2) is 0 Å². The van der Waals surface area contributed by atoms with Gasteiger partial charge in [-0.15, -0.1) is 11.8 Å². The zero-order valence-corrected chi connectivity index (χ0v) is 11.9. The molecule has 0 unspecified atom stereocenters. The maximum absolute atomic E-state index is 9.52. The molecule has 2 rings (SSSR count). The van der Waals surface area contributed by atoms with Crippen molar-refractivity contribution in [2.75, 3.05) is 0 Å². The van der Waals surface area contributed by atoms with Gasteiger partial charge < -0.3 is 10.2 Å². The van der Waals surface area contributed by atoms with Crippen LogP contribution in [0.2, 0.25) is 0 Å². The van der Waals surface area contributed by atoms with Crippen LogP contribution >= 0.6 is 11.8 Å². The monoisotopic (exact) mass is 274 g/mol. The van der Waals surface area contributed by atoms with Gasteiger partial charge in [0.15, 0.2) is 0 Å². The Morgan fingerprint density at radius 1 is 1.05 bits per heavy atom. The third-order valence-corrected chi connectivity index (χ3v) is 4.24. The molecular weight excluding hydrogens is 256 g/mol. The zero-order chi connectivity index (χ0) is 13.9. The lowest BCUT2D eigenvalue weighted by atomic mass is 10.0. The van der Waals surface area contributed by atoms with E-state index >= 15 is 0 Å². The third-order valence-electron chi connectivity index (χ3n) is 2.98. The summed E-state index contributed by atoms with van der Waals surface area (Å²) in [6.45, 7) is 4.30. The fraction of sp³-hybridized carbons (Fsp3) is 0.250. The first-order valence-corrected chi connectivity index (χ1v) is 7.04. The standard InChI is InChI=1S/C16H18O2S/c1-16(2,12-4-3-5-13(17)7-6-12)19-15-10-8-14(18)9-11-15/h3-4,6-11,17-18H,5H2,1-2H3. The lowest BCUT2D eigenvalue weighted by Crippen LogP contribution is -2.16. The highest BCUT2D eigenvalue weighted by Gasteiger charge is 2.23. The summed E-state index contributed by atoms with van der Waals surface area (Å²) in [7, 11) is 0. The average Bonchev–Trinajstić information content (AvgIpc) is 2.57. The number of allylic oxidation sites excluding steroid dienone is 4. The summed E-state index contributed by atoms with van der Waals surface area (Å²) < 4.78 is -0.103. The Morgan fingerprint density at radius 2 is 1.74 bits per heavy atom. The van der Waals surface area contributed by atoms with Crippen LogP contribution in [0.3, 0.4) is 0 Å². The number of aliphatic hydroxyl groups is 1. The molecule has 2 N–H and O–H groups in total. The minimum absolute atomic E-state index is 0.103. The number of aliphatic hydroxyl groups excluding tert-OH is 1. The van der Waals surface area contributed by atoms with Crippen molar-refractivity contribution in [2.45, 2.75) is 29.9 Å². The molecule has 1 aromatic rings. The topological polar surface area (TPSA) is 40.5 Å². The summed E-state index contributed by atoms with van der Waals surface area (Å²) in [5.41, 5.74) is 1.16. The van der Waals surface area contributed by atoms with E-state index in [0.29, 0.717) is 12.2 Å². The Bertz CT molecular complexity index is 536. The molecule has 1 aromatic carbocycles. The van der Waals surface area contributed by atoms with Crippen LogP contribution in [0.5, 0.6) is 5.75 Å². The summed E-state index contributed by atoms with van der Waals surface area (Å²) in [6.07, 6.45) is 8.34. The summed E-state index contributed by atoms with van der Waals surface area (Å²) in [4.78, 5) is 1.11. The molecule has 0 bridgehead atoms. The van der Waals surface area contributed by atoms with Crippen LogP contribution in [-0.4, -0.2) is 15.0 Å². The Hall–Kier alpha value is -1.61. The summed E-state index contributed by atoms with van der Waals surface area (Å²) in [5.74, 6) is 0.667. The van der Waals surface area contributed by atoms with E-state index in [9.17, 15) is 10.2 Å². The second-order valence-electron chi connectivity index (χ2n) is 4.99. The van der Waals surface area contributed by atoms with E-state index in [2.05, 4.69) is 19.9 Å². The molecule has 1 aliphatic rings. The molecule has 0 atom stereocenters. The van der Waals surface area contributed by atoms with Crippen molar-refractivity contribution in [1.82, 2.24) is 0 Å². The van der Waals surface area contributed by atoms with Crippen LogP contribution in [0.1, 0.15) is 20.3 Å². The lowest BCUT2D eigenvalue weighted by molar-refractivity contribution is 0.402. The van der Waals surface area contributed by atoms with Crippen molar-refractivity contribution >= 4 is 11.8 Å². The predicted octanol–water partition coefficient (Wildman–Crippen LogP) is 4.59. The van der Waals surface area contributed by atoms with E-state index in [0.717, 1.165) is 10.5 Å². The highest BCUT2D eigenvalue weighted by atomic mass is 32.2. The highest BCUT2D eigenvalue weighted by molar-refractivity contribution is 8.00. The van der Waals surface area contributed by atoms with Gasteiger partial charge in [-0.05, 0) is 49.8 Å². The van der Waals surface area contributed by atoms with Gasteiger partial charge >= 0.3 is 0 Å². The first kappa shape index (κ1) is 13.8. The van der Waals surface area contributed by atoms with Gasteiger partial charge in [0, 0.05) is 16.1 Å².